The van der Waals surface area contributed by atoms with Gasteiger partial charge in [-0.1, -0.05) is 103 Å². The van der Waals surface area contributed by atoms with E-state index in [0.29, 0.717) is 39.3 Å². The van der Waals surface area contributed by atoms with Crippen LogP contribution in [0.2, 0.25) is 0 Å². The van der Waals surface area contributed by atoms with Gasteiger partial charge in [0.1, 0.15) is 29.9 Å². The summed E-state index contributed by atoms with van der Waals surface area (Å²) in [6.45, 7) is 8.47. The molecule has 14 nitrogen and oxygen atoms in total. The highest BCUT2D eigenvalue weighted by Crippen LogP contribution is 2.26. The Hall–Kier alpha value is -7.49. The average molecular weight is 1020 g/mol. The number of aromatic nitrogens is 8. The van der Waals surface area contributed by atoms with Crippen molar-refractivity contribution in [2.75, 3.05) is 27.2 Å². The van der Waals surface area contributed by atoms with Crippen molar-refractivity contribution in [2.24, 2.45) is 28.2 Å². The summed E-state index contributed by atoms with van der Waals surface area (Å²) < 4.78 is 14.6. The number of rotatable bonds is 24. The predicted octanol–water partition coefficient (Wildman–Crippen LogP) is 10.3. The van der Waals surface area contributed by atoms with Gasteiger partial charge in [0.2, 0.25) is 0 Å². The predicted molar refractivity (Wildman–Crippen MR) is 304 cm³/mol. The maximum Gasteiger partial charge on any atom is 0.302 e. The summed E-state index contributed by atoms with van der Waals surface area (Å²) in [7, 11) is 12.8. The van der Waals surface area contributed by atoms with Crippen LogP contribution in [0.4, 0.5) is 0 Å². The summed E-state index contributed by atoms with van der Waals surface area (Å²) in [6.07, 6.45) is 2.92. The van der Waals surface area contributed by atoms with Crippen molar-refractivity contribution in [3.05, 3.63) is 191 Å². The van der Waals surface area contributed by atoms with Crippen molar-refractivity contribution in [2.45, 2.75) is 84.6 Å². The second-order valence-corrected chi connectivity index (χ2v) is 20.7. The Balaban J connectivity index is 0.797. The molecule has 0 saturated carbocycles. The van der Waals surface area contributed by atoms with Gasteiger partial charge < -0.3 is 27.9 Å². The third-order valence-corrected chi connectivity index (χ3v) is 15.3. The zero-order valence-corrected chi connectivity index (χ0v) is 45.3. The minimum Gasteiger partial charge on any atom is -0.464 e. The number of hydrogen-bond acceptors (Lipinski definition) is 10. The highest BCUT2D eigenvalue weighted by atomic mass is 16.5. The number of ether oxygens (including phenoxy) is 1. The first-order valence-corrected chi connectivity index (χ1v) is 26.7. The highest BCUT2D eigenvalue weighted by molar-refractivity contribution is 5.78. The van der Waals surface area contributed by atoms with Crippen LogP contribution in [-0.2, 0) is 90.1 Å². The van der Waals surface area contributed by atoms with Crippen molar-refractivity contribution in [1.82, 2.24) is 57.8 Å². The topological polar surface area (TPSA) is 111 Å². The van der Waals surface area contributed by atoms with Crippen LogP contribution in [0.3, 0.4) is 0 Å². The quantitative estimate of drug-likeness (QED) is 0.0429. The lowest BCUT2D eigenvalue weighted by molar-refractivity contribution is -0.142. The molecule has 0 unspecified atom stereocenters. The molecular formula is C62H72N12O2. The Kier molecular flexibility index (Phi) is 16.1. The Bertz CT molecular complexity index is 3420. The van der Waals surface area contributed by atoms with Crippen LogP contribution in [0.1, 0.15) is 71.7 Å². The van der Waals surface area contributed by atoms with Crippen molar-refractivity contribution >= 4 is 50.1 Å². The van der Waals surface area contributed by atoms with E-state index >= 15 is 0 Å². The number of fused-ring (bicyclic) bond motifs is 4. The molecule has 0 aliphatic rings. The molecule has 14 heteroatoms. The summed E-state index contributed by atoms with van der Waals surface area (Å²) in [6, 6.07) is 51.0. The number of carbonyl (C=O) groups excluding carboxylic acids is 1. The van der Waals surface area contributed by atoms with E-state index in [4.69, 9.17) is 24.7 Å². The minimum atomic E-state index is -0.253. The van der Waals surface area contributed by atoms with Gasteiger partial charge in [-0.25, -0.2) is 19.9 Å². The standard InChI is InChI=1S/C62H72N12O2/c1-45(75)76-44-50(68(3)37-47-23-9-11-25-49(47)39-74(42-61-65-53-29-14-18-33-57(53)71(61)6)43-62-66-54-30-15-19-34-58(54)72(62)7)26-20-21-35-67(2)36-46-22-8-10-24-48(46)38-73(40-59-63-51-27-12-16-31-55(51)69(59)4)41-60-64-52-28-13-17-32-56(52)70(60)5/h8-19,22-25,27-34,50H,20-21,26,35-44H2,1-7H3/t50-/m1/s1. The molecule has 392 valence electrons. The van der Waals surface area contributed by atoms with Crippen LogP contribution in [-0.4, -0.2) is 97.1 Å². The van der Waals surface area contributed by atoms with Crippen molar-refractivity contribution in [3.63, 3.8) is 0 Å². The number of nitrogens with zero attached hydrogens (tertiary/aromatic N) is 12. The smallest absolute Gasteiger partial charge is 0.302 e. The molecule has 76 heavy (non-hydrogen) atoms. The van der Waals surface area contributed by atoms with E-state index in [1.807, 2.05) is 12.1 Å². The summed E-state index contributed by atoms with van der Waals surface area (Å²) >= 11 is 0. The second-order valence-electron chi connectivity index (χ2n) is 20.7. The molecule has 10 rings (SSSR count). The molecule has 0 fully saturated rings. The summed E-state index contributed by atoms with van der Waals surface area (Å²) in [5.41, 5.74) is 13.6. The molecule has 0 bridgehead atoms. The number of carbonyl (C=O) groups is 1. The molecule has 4 heterocycles. The molecule has 1 atom stereocenters. The van der Waals surface area contributed by atoms with Crippen molar-refractivity contribution < 1.29 is 9.53 Å². The van der Waals surface area contributed by atoms with Crippen LogP contribution >= 0.6 is 0 Å². The number of hydrogen-bond donors (Lipinski definition) is 0. The van der Waals surface area contributed by atoms with E-state index in [0.717, 1.165) is 113 Å². The molecule has 0 spiro atoms. The summed E-state index contributed by atoms with van der Waals surface area (Å²) in [5, 5.41) is 0. The first-order valence-electron chi connectivity index (χ1n) is 26.7. The van der Waals surface area contributed by atoms with Gasteiger partial charge >= 0.3 is 5.97 Å². The van der Waals surface area contributed by atoms with Gasteiger partial charge in [0.05, 0.1) is 70.3 Å². The number of imidazole rings is 4. The third-order valence-electron chi connectivity index (χ3n) is 15.3. The molecule has 0 amide bonds. The molecular weight excluding hydrogens is 945 g/mol. The lowest BCUT2D eigenvalue weighted by Gasteiger charge is -2.30. The first-order chi connectivity index (χ1) is 36.9. The second kappa shape index (κ2) is 23.6. The number of benzene rings is 6. The Morgan fingerprint density at radius 1 is 0.447 bits per heavy atom. The maximum absolute atomic E-state index is 12.3. The van der Waals surface area contributed by atoms with E-state index in [2.05, 4.69) is 214 Å². The molecule has 0 saturated heterocycles. The summed E-state index contributed by atoms with van der Waals surface area (Å²) in [4.78, 5) is 42.3. The van der Waals surface area contributed by atoms with E-state index in [-0.39, 0.29) is 12.0 Å². The minimum absolute atomic E-state index is 0.0534. The van der Waals surface area contributed by atoms with Gasteiger partial charge in [0, 0.05) is 67.3 Å². The zero-order chi connectivity index (χ0) is 52.7. The third kappa shape index (κ3) is 12.0. The molecule has 0 aliphatic carbocycles. The fourth-order valence-electron chi connectivity index (χ4n) is 10.9. The van der Waals surface area contributed by atoms with Crippen LogP contribution in [0, 0.1) is 0 Å². The van der Waals surface area contributed by atoms with E-state index in [9.17, 15) is 4.79 Å². The fourth-order valence-corrected chi connectivity index (χ4v) is 10.9. The van der Waals surface area contributed by atoms with Crippen LogP contribution < -0.4 is 0 Å². The lowest BCUT2D eigenvalue weighted by Crippen LogP contribution is -2.36. The Morgan fingerprint density at radius 2 is 0.776 bits per heavy atom. The highest BCUT2D eigenvalue weighted by Gasteiger charge is 2.23. The van der Waals surface area contributed by atoms with Gasteiger partial charge in [-0.05, 0) is 104 Å². The van der Waals surface area contributed by atoms with Crippen molar-refractivity contribution in [3.8, 4) is 0 Å². The summed E-state index contributed by atoms with van der Waals surface area (Å²) in [5.74, 6) is 3.82. The lowest BCUT2D eigenvalue weighted by atomic mass is 10.0. The monoisotopic (exact) mass is 1020 g/mol. The molecule has 0 radical (unpaired) electrons. The molecule has 6 aromatic carbocycles. The number of aryl methyl sites for hydroxylation is 4. The SMILES string of the molecule is CC(=O)OC[C@@H](CCCCN(C)Cc1ccccc1CN(Cc1nc2ccccc2n1C)Cc1nc2ccccc2n1C)N(C)Cc1ccccc1CN(Cc1nc2ccccc2n1C)Cc1nc2ccccc2n1C. The number of para-hydroxylation sites is 8. The molecule has 4 aromatic heterocycles. The number of unbranched alkanes of at least 4 members (excludes halogenated alkanes) is 1. The van der Waals surface area contributed by atoms with E-state index in [1.54, 1.807) is 0 Å². The first kappa shape index (κ1) is 52.0. The van der Waals surface area contributed by atoms with E-state index < -0.39 is 0 Å². The largest absolute Gasteiger partial charge is 0.464 e. The van der Waals surface area contributed by atoms with Gasteiger partial charge in [-0.2, -0.15) is 0 Å². The normalized spacial score (nSPS) is 12.5. The average Bonchev–Trinajstić information content (AvgIpc) is 4.13. The van der Waals surface area contributed by atoms with Crippen molar-refractivity contribution in [1.29, 1.82) is 0 Å². The van der Waals surface area contributed by atoms with Crippen LogP contribution in [0.25, 0.3) is 44.1 Å². The number of likely N-dealkylation sites (N-methyl/N-ethyl adjacent to an activating group) is 1. The Morgan fingerprint density at radius 3 is 1.13 bits per heavy atom. The Labute approximate surface area is 446 Å². The molecule has 10 aromatic rings. The van der Waals surface area contributed by atoms with Crippen LogP contribution in [0.5, 0.6) is 0 Å². The van der Waals surface area contributed by atoms with Gasteiger partial charge in [0.15, 0.2) is 0 Å². The number of esters is 1. The maximum atomic E-state index is 12.3. The molecule has 0 aliphatic heterocycles. The van der Waals surface area contributed by atoms with Crippen LogP contribution in [0.15, 0.2) is 146 Å². The van der Waals surface area contributed by atoms with E-state index in [1.165, 1.54) is 29.2 Å². The van der Waals surface area contributed by atoms with Gasteiger partial charge in [0.25, 0.3) is 0 Å². The fraction of sp³-hybridized carbons (Fsp3) is 0.339. The van der Waals surface area contributed by atoms with Gasteiger partial charge in [-0.15, -0.1) is 0 Å². The van der Waals surface area contributed by atoms with Gasteiger partial charge in [-0.3, -0.25) is 19.5 Å². The molecule has 0 N–H and O–H groups in total. The zero-order valence-electron chi connectivity index (χ0n) is 45.3.